The monoisotopic (exact) mass is 200 g/mol. The molecule has 0 unspecified atom stereocenters. The summed E-state index contributed by atoms with van der Waals surface area (Å²) in [6.07, 6.45) is 2.78. The normalized spacial score (nSPS) is 28.1. The van der Waals surface area contributed by atoms with E-state index < -0.39 is 0 Å². The van der Waals surface area contributed by atoms with Gasteiger partial charge >= 0.3 is 0 Å². The molecule has 1 fully saturated rings. The predicted octanol–water partition coefficient (Wildman–Crippen LogP) is 0.392. The zero-order valence-corrected chi connectivity index (χ0v) is 7.92. The maximum atomic E-state index is 9.54. The fourth-order valence-electron chi connectivity index (χ4n) is 1.49. The number of rotatable bonds is 2. The van der Waals surface area contributed by atoms with E-state index in [2.05, 4.69) is 15.2 Å². The van der Waals surface area contributed by atoms with Gasteiger partial charge in [0.1, 0.15) is 0 Å². The number of thioether (sulfide) groups is 1. The molecular formula is C7H12N4OS. The molecule has 0 amide bonds. The predicted molar refractivity (Wildman–Crippen MR) is 50.3 cm³/mol. The van der Waals surface area contributed by atoms with Crippen LogP contribution in [0.4, 0.5) is 5.95 Å². The molecule has 1 aromatic heterocycles. The maximum Gasteiger partial charge on any atom is 0.216 e. The molecule has 0 spiro atoms. The fraction of sp³-hybridized carbons (Fsp3) is 0.714. The number of aromatic nitrogens is 3. The highest BCUT2D eigenvalue weighted by Crippen LogP contribution is 2.33. The first-order valence-corrected chi connectivity index (χ1v) is 5.16. The number of nitrogen functional groups attached to an aromatic ring is 1. The Morgan fingerprint density at radius 3 is 2.92 bits per heavy atom. The van der Waals surface area contributed by atoms with Gasteiger partial charge in [0.2, 0.25) is 11.1 Å². The lowest BCUT2D eigenvalue weighted by molar-refractivity contribution is 0.188. The van der Waals surface area contributed by atoms with Gasteiger partial charge in [0.15, 0.2) is 0 Å². The molecule has 0 bridgehead atoms. The molecule has 2 rings (SSSR count). The summed E-state index contributed by atoms with van der Waals surface area (Å²) in [5, 5.41) is 16.9. The highest BCUT2D eigenvalue weighted by atomic mass is 32.2. The van der Waals surface area contributed by atoms with E-state index in [-0.39, 0.29) is 11.4 Å². The van der Waals surface area contributed by atoms with Crippen molar-refractivity contribution in [3.63, 3.8) is 0 Å². The Kier molecular flexibility index (Phi) is 2.41. The van der Waals surface area contributed by atoms with Gasteiger partial charge in [-0.3, -0.25) is 0 Å². The van der Waals surface area contributed by atoms with Crippen molar-refractivity contribution in [2.24, 2.45) is 0 Å². The van der Waals surface area contributed by atoms with Crippen molar-refractivity contribution in [1.82, 2.24) is 15.2 Å². The highest BCUT2D eigenvalue weighted by molar-refractivity contribution is 7.99. The van der Waals surface area contributed by atoms with E-state index in [1.165, 1.54) is 11.8 Å². The van der Waals surface area contributed by atoms with Gasteiger partial charge in [0.05, 0.1) is 6.10 Å². The number of nitrogens with two attached hydrogens (primary N) is 1. The number of hydrogen-bond acceptors (Lipinski definition) is 5. The first-order chi connectivity index (χ1) is 6.25. The van der Waals surface area contributed by atoms with Gasteiger partial charge in [-0.2, -0.15) is 4.98 Å². The van der Waals surface area contributed by atoms with Crippen LogP contribution in [-0.4, -0.2) is 31.6 Å². The third-order valence-corrected chi connectivity index (χ3v) is 3.40. The Balaban J connectivity index is 1.97. The molecule has 5 nitrogen and oxygen atoms in total. The molecule has 4 N–H and O–H groups in total. The minimum absolute atomic E-state index is 0.218. The van der Waals surface area contributed by atoms with E-state index in [1.807, 2.05) is 0 Å². The molecule has 1 aromatic rings. The van der Waals surface area contributed by atoms with Crippen molar-refractivity contribution in [3.8, 4) is 0 Å². The van der Waals surface area contributed by atoms with Crippen LogP contribution < -0.4 is 5.73 Å². The Morgan fingerprint density at radius 1 is 1.54 bits per heavy atom. The maximum absolute atomic E-state index is 9.54. The van der Waals surface area contributed by atoms with Crippen LogP contribution in [0.5, 0.6) is 0 Å². The standard InChI is InChI=1S/C7H12N4OS/c8-6-9-7(11-10-6)13-5-3-1-2-4(5)12/h4-5,12H,1-3H2,(H3,8,9,10,11)/t4-,5+/m0/s1. The molecule has 0 aliphatic heterocycles. The Bertz CT molecular complexity index is 290. The summed E-state index contributed by atoms with van der Waals surface area (Å²) in [4.78, 5) is 3.97. The fourth-order valence-corrected chi connectivity index (χ4v) is 2.59. The van der Waals surface area contributed by atoms with Gasteiger partial charge in [-0.05, 0) is 19.3 Å². The van der Waals surface area contributed by atoms with Crippen LogP contribution in [0.15, 0.2) is 5.16 Å². The van der Waals surface area contributed by atoms with Gasteiger partial charge < -0.3 is 10.8 Å². The summed E-state index contributed by atoms with van der Waals surface area (Å²) in [6.45, 7) is 0. The summed E-state index contributed by atoms with van der Waals surface area (Å²) in [7, 11) is 0. The van der Waals surface area contributed by atoms with Gasteiger partial charge in [0.25, 0.3) is 0 Å². The van der Waals surface area contributed by atoms with E-state index in [0.717, 1.165) is 19.3 Å². The molecule has 1 aliphatic carbocycles. The van der Waals surface area contributed by atoms with Crippen molar-refractivity contribution in [3.05, 3.63) is 0 Å². The number of anilines is 1. The summed E-state index contributed by atoms with van der Waals surface area (Å²) in [5.41, 5.74) is 5.38. The number of aliphatic hydroxyl groups is 1. The molecule has 2 atom stereocenters. The minimum Gasteiger partial charge on any atom is -0.392 e. The van der Waals surface area contributed by atoms with E-state index in [9.17, 15) is 5.11 Å². The second-order valence-electron chi connectivity index (χ2n) is 3.16. The van der Waals surface area contributed by atoms with Crippen molar-refractivity contribution < 1.29 is 5.11 Å². The molecule has 1 aliphatic rings. The van der Waals surface area contributed by atoms with Crippen LogP contribution in [0.1, 0.15) is 19.3 Å². The molecule has 0 saturated heterocycles. The lowest BCUT2D eigenvalue weighted by Crippen LogP contribution is -2.15. The van der Waals surface area contributed by atoms with E-state index in [4.69, 9.17) is 5.73 Å². The molecule has 0 aromatic carbocycles. The zero-order chi connectivity index (χ0) is 9.26. The van der Waals surface area contributed by atoms with Gasteiger partial charge in [-0.1, -0.05) is 11.8 Å². The smallest absolute Gasteiger partial charge is 0.216 e. The van der Waals surface area contributed by atoms with Crippen LogP contribution in [-0.2, 0) is 0 Å². The van der Waals surface area contributed by atoms with E-state index in [0.29, 0.717) is 11.1 Å². The van der Waals surface area contributed by atoms with Crippen LogP contribution >= 0.6 is 11.8 Å². The molecule has 6 heteroatoms. The lowest BCUT2D eigenvalue weighted by Gasteiger charge is -2.10. The zero-order valence-electron chi connectivity index (χ0n) is 7.10. The third-order valence-electron chi connectivity index (χ3n) is 2.16. The summed E-state index contributed by atoms with van der Waals surface area (Å²) in [5.74, 6) is 0.329. The lowest BCUT2D eigenvalue weighted by atomic mass is 10.3. The van der Waals surface area contributed by atoms with Crippen LogP contribution in [0.3, 0.4) is 0 Å². The minimum atomic E-state index is -0.218. The Labute approximate surface area is 80.1 Å². The van der Waals surface area contributed by atoms with Crippen molar-refractivity contribution in [2.45, 2.75) is 35.8 Å². The number of aliphatic hydroxyl groups excluding tert-OH is 1. The van der Waals surface area contributed by atoms with Crippen LogP contribution in [0.25, 0.3) is 0 Å². The molecule has 1 heterocycles. The van der Waals surface area contributed by atoms with Gasteiger partial charge in [-0.15, -0.1) is 5.10 Å². The SMILES string of the molecule is Nc1nc(S[C@@H]2CCC[C@@H]2O)n[nH]1. The first kappa shape index (κ1) is 8.83. The average Bonchev–Trinajstić information content (AvgIpc) is 2.64. The third kappa shape index (κ3) is 1.94. The highest BCUT2D eigenvalue weighted by Gasteiger charge is 2.27. The molecular weight excluding hydrogens is 188 g/mol. The Hall–Kier alpha value is -0.750. The van der Waals surface area contributed by atoms with Crippen LogP contribution in [0.2, 0.25) is 0 Å². The molecule has 72 valence electrons. The number of nitrogens with zero attached hydrogens (tertiary/aromatic N) is 2. The second kappa shape index (κ2) is 3.55. The van der Waals surface area contributed by atoms with Crippen molar-refractivity contribution in [2.75, 3.05) is 5.73 Å². The molecule has 1 saturated carbocycles. The average molecular weight is 200 g/mol. The van der Waals surface area contributed by atoms with Gasteiger partial charge in [-0.25, -0.2) is 5.10 Å². The summed E-state index contributed by atoms with van der Waals surface area (Å²) >= 11 is 1.50. The first-order valence-electron chi connectivity index (χ1n) is 4.28. The van der Waals surface area contributed by atoms with Crippen LogP contribution in [0, 0.1) is 0 Å². The van der Waals surface area contributed by atoms with Crippen molar-refractivity contribution in [1.29, 1.82) is 0 Å². The summed E-state index contributed by atoms with van der Waals surface area (Å²) in [6, 6.07) is 0. The van der Waals surface area contributed by atoms with E-state index >= 15 is 0 Å². The topological polar surface area (TPSA) is 87.8 Å². The quantitative estimate of drug-likeness (QED) is 0.643. The Morgan fingerprint density at radius 2 is 2.38 bits per heavy atom. The van der Waals surface area contributed by atoms with Crippen molar-refractivity contribution >= 4 is 17.7 Å². The summed E-state index contributed by atoms with van der Waals surface area (Å²) < 4.78 is 0. The molecule has 0 radical (unpaired) electrons. The van der Waals surface area contributed by atoms with E-state index in [1.54, 1.807) is 0 Å². The second-order valence-corrected chi connectivity index (χ2v) is 4.36. The van der Waals surface area contributed by atoms with Gasteiger partial charge in [0, 0.05) is 5.25 Å². The number of nitrogens with one attached hydrogen (secondary N) is 1. The molecule has 13 heavy (non-hydrogen) atoms. The number of hydrogen-bond donors (Lipinski definition) is 3. The number of aromatic amines is 1. The number of H-pyrrole nitrogens is 1. The largest absolute Gasteiger partial charge is 0.392 e.